The maximum Gasteiger partial charge on any atom is 0.189 e. The van der Waals surface area contributed by atoms with Crippen molar-refractivity contribution in [3.8, 4) is 28.6 Å². The van der Waals surface area contributed by atoms with Gasteiger partial charge in [0, 0.05) is 43.6 Å². The maximum atomic E-state index is 10.8. The van der Waals surface area contributed by atoms with Crippen LogP contribution in [0.1, 0.15) is 5.56 Å². The minimum atomic E-state index is 0.492. The van der Waals surface area contributed by atoms with Crippen LogP contribution in [-0.2, 0) is 0 Å². The Morgan fingerprint density at radius 3 is 1.66 bits per heavy atom. The lowest BCUT2D eigenvalue weighted by molar-refractivity contribution is 0.669. The quantitative estimate of drug-likeness (QED) is 0.171. The van der Waals surface area contributed by atoms with E-state index in [2.05, 4.69) is 105 Å². The molecule has 0 N–H and O–H groups in total. The summed E-state index contributed by atoms with van der Waals surface area (Å²) < 4.78 is 17.3. The van der Waals surface area contributed by atoms with Crippen LogP contribution in [0.2, 0.25) is 0 Å². The van der Waals surface area contributed by atoms with E-state index in [-0.39, 0.29) is 0 Å². The smallest absolute Gasteiger partial charge is 0.189 e. The molecule has 0 aliphatic rings. The highest BCUT2D eigenvalue weighted by molar-refractivity contribution is 6.26. The van der Waals surface area contributed by atoms with Crippen LogP contribution >= 0.6 is 0 Å². The summed E-state index contributed by atoms with van der Waals surface area (Å²) in [6, 6.07) is 55.8. The monoisotopic (exact) mass is 714 g/mol. The van der Waals surface area contributed by atoms with Gasteiger partial charge in [0.2, 0.25) is 0 Å². The predicted octanol–water partition coefficient (Wildman–Crippen LogP) is 13.8. The SMILES string of the molecule is [C-]#[N+]c1cc(-c2cccc(C#N)c2-n2c3ccccc3c3ccc4oc5ccccc5c4c32)cc(-n2c3ccccc3c3ccc4oc5ccccc5c4c32)c1. The second-order valence-electron chi connectivity index (χ2n) is 14.2. The summed E-state index contributed by atoms with van der Waals surface area (Å²) in [7, 11) is 0. The van der Waals surface area contributed by atoms with Crippen molar-refractivity contribution in [1.82, 2.24) is 9.13 Å². The molecule has 56 heavy (non-hydrogen) atoms. The number of furan rings is 2. The molecule has 0 unspecified atom stereocenters. The zero-order chi connectivity index (χ0) is 37.1. The fourth-order valence-corrected chi connectivity index (χ4v) is 9.08. The van der Waals surface area contributed by atoms with Gasteiger partial charge < -0.3 is 18.0 Å². The summed E-state index contributed by atoms with van der Waals surface area (Å²) in [6.45, 7) is 8.33. The van der Waals surface area contributed by atoms with Crippen molar-refractivity contribution >= 4 is 93.2 Å². The number of hydrogen-bond acceptors (Lipinski definition) is 3. The molecule has 258 valence electrons. The van der Waals surface area contributed by atoms with E-state index in [0.717, 1.165) is 110 Å². The molecule has 0 bridgehead atoms. The van der Waals surface area contributed by atoms with Gasteiger partial charge in [0.25, 0.3) is 0 Å². The van der Waals surface area contributed by atoms with Crippen molar-refractivity contribution < 1.29 is 8.83 Å². The van der Waals surface area contributed by atoms with Crippen LogP contribution in [0.25, 0.3) is 115 Å². The van der Waals surface area contributed by atoms with Crippen LogP contribution in [0, 0.1) is 17.9 Å². The number of nitriles is 1. The van der Waals surface area contributed by atoms with Gasteiger partial charge in [0.05, 0.1) is 50.7 Å². The van der Waals surface area contributed by atoms with Crippen LogP contribution in [0.3, 0.4) is 0 Å². The molecule has 12 aromatic rings. The van der Waals surface area contributed by atoms with Crippen LogP contribution in [0.4, 0.5) is 5.69 Å². The van der Waals surface area contributed by atoms with Crippen LogP contribution in [0.5, 0.6) is 0 Å². The number of hydrogen-bond donors (Lipinski definition) is 0. The number of aromatic nitrogens is 2. The molecular formula is C50H26N4O2. The Hall–Kier alpha value is -8.06. The predicted molar refractivity (Wildman–Crippen MR) is 226 cm³/mol. The standard InChI is InChI=1S/C50H26N4O2/c1-52-31-25-30(26-32(27-31)53-40-17-6-2-12-34(40)36-21-23-44-46(49(36)53)38-14-4-8-19-42(38)55-44)33-16-10-11-29(28-51)48(33)54-41-18-7-3-13-35(41)37-22-24-45-47(50(37)54)39-15-5-9-20-43(39)56-45/h2-27H. The number of benzene rings is 8. The van der Waals surface area contributed by atoms with Crippen molar-refractivity contribution in [3.63, 3.8) is 0 Å². The molecule has 0 atom stereocenters. The lowest BCUT2D eigenvalue weighted by Crippen LogP contribution is -2.02. The van der Waals surface area contributed by atoms with E-state index in [0.29, 0.717) is 11.3 Å². The Balaban J connectivity index is 1.21. The Kier molecular flexibility index (Phi) is 6.10. The molecule has 0 spiro atoms. The maximum absolute atomic E-state index is 10.8. The molecule has 6 nitrogen and oxygen atoms in total. The van der Waals surface area contributed by atoms with E-state index in [1.54, 1.807) is 0 Å². The molecule has 0 saturated carbocycles. The highest BCUT2D eigenvalue weighted by Gasteiger charge is 2.24. The summed E-state index contributed by atoms with van der Waals surface area (Å²) in [5, 5.41) is 19.3. The molecule has 0 amide bonds. The average molecular weight is 715 g/mol. The Bertz CT molecular complexity index is 3750. The van der Waals surface area contributed by atoms with Crippen molar-refractivity contribution in [1.29, 1.82) is 5.26 Å². The summed E-state index contributed by atoms with van der Waals surface area (Å²) in [5.74, 6) is 0. The fourth-order valence-electron chi connectivity index (χ4n) is 9.08. The number of rotatable bonds is 3. The highest BCUT2D eigenvalue weighted by Crippen LogP contribution is 2.45. The molecule has 0 aliphatic heterocycles. The van der Waals surface area contributed by atoms with Gasteiger partial charge in [-0.2, -0.15) is 5.26 Å². The van der Waals surface area contributed by atoms with E-state index < -0.39 is 0 Å². The normalized spacial score (nSPS) is 11.9. The van der Waals surface area contributed by atoms with Crippen LogP contribution in [0.15, 0.2) is 167 Å². The Labute approximate surface area is 318 Å². The lowest BCUT2D eigenvalue weighted by atomic mass is 9.98. The molecule has 0 saturated heterocycles. The first-order valence-electron chi connectivity index (χ1n) is 18.4. The third kappa shape index (κ3) is 4.02. The zero-order valence-electron chi connectivity index (χ0n) is 29.6. The summed E-state index contributed by atoms with van der Waals surface area (Å²) >= 11 is 0. The van der Waals surface area contributed by atoms with Gasteiger partial charge in [-0.15, -0.1) is 0 Å². The van der Waals surface area contributed by atoms with Crippen molar-refractivity contribution in [3.05, 3.63) is 175 Å². The van der Waals surface area contributed by atoms with Crippen LogP contribution in [-0.4, -0.2) is 9.13 Å². The van der Waals surface area contributed by atoms with Crippen molar-refractivity contribution in [2.45, 2.75) is 0 Å². The van der Waals surface area contributed by atoms with Gasteiger partial charge in [-0.3, -0.25) is 0 Å². The van der Waals surface area contributed by atoms with Gasteiger partial charge in [0.15, 0.2) is 5.69 Å². The van der Waals surface area contributed by atoms with E-state index in [9.17, 15) is 5.26 Å². The van der Waals surface area contributed by atoms with Crippen LogP contribution < -0.4 is 0 Å². The third-order valence-corrected chi connectivity index (χ3v) is 11.3. The molecule has 8 aromatic carbocycles. The van der Waals surface area contributed by atoms with Crippen molar-refractivity contribution in [2.75, 3.05) is 0 Å². The van der Waals surface area contributed by atoms with Gasteiger partial charge in [-0.25, -0.2) is 4.85 Å². The highest BCUT2D eigenvalue weighted by atomic mass is 16.3. The van der Waals surface area contributed by atoms with Gasteiger partial charge in [-0.05, 0) is 78.4 Å². The molecule has 6 heteroatoms. The minimum Gasteiger partial charge on any atom is -0.456 e. The molecule has 4 heterocycles. The van der Waals surface area contributed by atoms with E-state index in [1.165, 1.54) is 0 Å². The van der Waals surface area contributed by atoms with Gasteiger partial charge in [0.1, 0.15) is 28.4 Å². The molecule has 0 radical (unpaired) electrons. The Morgan fingerprint density at radius 2 is 1.05 bits per heavy atom. The lowest BCUT2D eigenvalue weighted by Gasteiger charge is -2.18. The average Bonchev–Trinajstić information content (AvgIpc) is 4.00. The summed E-state index contributed by atoms with van der Waals surface area (Å²) in [4.78, 5) is 4.03. The first-order valence-corrected chi connectivity index (χ1v) is 18.4. The second kappa shape index (κ2) is 11.2. The number of nitrogens with zero attached hydrogens (tertiary/aromatic N) is 4. The minimum absolute atomic E-state index is 0.492. The van der Waals surface area contributed by atoms with E-state index in [4.69, 9.17) is 15.4 Å². The summed E-state index contributed by atoms with van der Waals surface area (Å²) in [5.41, 5.74) is 11.5. The molecule has 12 rings (SSSR count). The molecular weight excluding hydrogens is 689 g/mol. The molecule has 0 fully saturated rings. The summed E-state index contributed by atoms with van der Waals surface area (Å²) in [6.07, 6.45) is 0. The fraction of sp³-hybridized carbons (Fsp3) is 0. The number of para-hydroxylation sites is 5. The first kappa shape index (κ1) is 30.4. The van der Waals surface area contributed by atoms with Crippen molar-refractivity contribution in [2.24, 2.45) is 0 Å². The third-order valence-electron chi connectivity index (χ3n) is 11.3. The van der Waals surface area contributed by atoms with Gasteiger partial charge >= 0.3 is 0 Å². The Morgan fingerprint density at radius 1 is 0.500 bits per heavy atom. The van der Waals surface area contributed by atoms with Gasteiger partial charge in [-0.1, -0.05) is 84.9 Å². The molecule has 4 aromatic heterocycles. The molecule has 0 aliphatic carbocycles. The zero-order valence-corrected chi connectivity index (χ0v) is 29.6. The first-order chi connectivity index (χ1) is 27.7. The largest absolute Gasteiger partial charge is 0.456 e. The topological polar surface area (TPSA) is 64.3 Å². The van der Waals surface area contributed by atoms with E-state index >= 15 is 0 Å². The number of fused-ring (bicyclic) bond motifs is 14. The second-order valence-corrected chi connectivity index (χ2v) is 14.2. The van der Waals surface area contributed by atoms with E-state index in [1.807, 2.05) is 72.8 Å².